The summed E-state index contributed by atoms with van der Waals surface area (Å²) in [6.45, 7) is 0. The van der Waals surface area contributed by atoms with Crippen LogP contribution in [-0.2, 0) is 11.2 Å². The lowest BCUT2D eigenvalue weighted by Crippen LogP contribution is -2.44. The third-order valence-corrected chi connectivity index (χ3v) is 2.64. The van der Waals surface area contributed by atoms with E-state index in [9.17, 15) is 4.79 Å². The number of nitrogens with zero attached hydrogens (tertiary/aromatic N) is 1. The van der Waals surface area contributed by atoms with Crippen LogP contribution >= 0.6 is 0 Å². The zero-order valence-electron chi connectivity index (χ0n) is 8.10. The highest BCUT2D eigenvalue weighted by Gasteiger charge is 2.31. The predicted molar refractivity (Wildman–Crippen MR) is 55.9 cm³/mol. The van der Waals surface area contributed by atoms with E-state index in [0.29, 0.717) is 6.42 Å². The zero-order valence-corrected chi connectivity index (χ0v) is 8.10. The van der Waals surface area contributed by atoms with E-state index >= 15 is 0 Å². The minimum absolute atomic E-state index is 0.377. The van der Waals surface area contributed by atoms with Crippen molar-refractivity contribution in [2.45, 2.75) is 12.5 Å². The van der Waals surface area contributed by atoms with Gasteiger partial charge < -0.3 is 11.1 Å². The third-order valence-electron chi connectivity index (χ3n) is 2.64. The van der Waals surface area contributed by atoms with E-state index in [1.165, 1.54) is 0 Å². The Morgan fingerprint density at radius 3 is 2.93 bits per heavy atom. The Balaban J connectivity index is 2.36. The van der Waals surface area contributed by atoms with Gasteiger partial charge in [-0.1, -0.05) is 18.2 Å². The van der Waals surface area contributed by atoms with Crippen molar-refractivity contribution in [2.24, 2.45) is 11.7 Å². The van der Waals surface area contributed by atoms with Gasteiger partial charge in [-0.05, 0) is 18.1 Å². The number of benzene rings is 1. The highest BCUT2D eigenvalue weighted by molar-refractivity contribution is 5.85. The molecule has 0 aliphatic carbocycles. The van der Waals surface area contributed by atoms with Crippen LogP contribution in [0.4, 0.5) is 5.69 Å². The van der Waals surface area contributed by atoms with Crippen LogP contribution in [0.2, 0.25) is 0 Å². The molecule has 2 atom stereocenters. The summed E-state index contributed by atoms with van der Waals surface area (Å²) in [6.07, 6.45) is 0.577. The molecule has 1 aliphatic heterocycles. The van der Waals surface area contributed by atoms with Crippen molar-refractivity contribution in [3.63, 3.8) is 0 Å². The summed E-state index contributed by atoms with van der Waals surface area (Å²) < 4.78 is 0. The number of carbonyl (C=O) groups excluding carboxylic acids is 1. The van der Waals surface area contributed by atoms with Crippen molar-refractivity contribution in [1.82, 2.24) is 0 Å². The monoisotopic (exact) mass is 201 g/mol. The second-order valence-electron chi connectivity index (χ2n) is 3.62. The summed E-state index contributed by atoms with van der Waals surface area (Å²) in [6, 6.07) is 9.17. The highest BCUT2D eigenvalue weighted by Crippen LogP contribution is 2.27. The number of anilines is 1. The molecule has 0 saturated heterocycles. The van der Waals surface area contributed by atoms with E-state index in [4.69, 9.17) is 11.0 Å². The molecular weight excluding hydrogens is 190 g/mol. The summed E-state index contributed by atoms with van der Waals surface area (Å²) in [7, 11) is 0. The first-order valence-corrected chi connectivity index (χ1v) is 4.75. The Morgan fingerprint density at radius 2 is 2.27 bits per heavy atom. The summed E-state index contributed by atoms with van der Waals surface area (Å²) in [4.78, 5) is 11.1. The van der Waals surface area contributed by atoms with Gasteiger partial charge in [-0.2, -0.15) is 5.26 Å². The van der Waals surface area contributed by atoms with Crippen LogP contribution in [0.1, 0.15) is 5.56 Å². The van der Waals surface area contributed by atoms with Gasteiger partial charge in [0.2, 0.25) is 5.91 Å². The molecule has 15 heavy (non-hydrogen) atoms. The van der Waals surface area contributed by atoms with Gasteiger partial charge >= 0.3 is 0 Å². The van der Waals surface area contributed by atoms with Crippen molar-refractivity contribution < 1.29 is 4.79 Å². The topological polar surface area (TPSA) is 78.9 Å². The fourth-order valence-electron chi connectivity index (χ4n) is 1.85. The number of primary amides is 1. The maximum Gasteiger partial charge on any atom is 0.241 e. The van der Waals surface area contributed by atoms with Crippen LogP contribution in [0.25, 0.3) is 0 Å². The van der Waals surface area contributed by atoms with Crippen LogP contribution in [0.5, 0.6) is 0 Å². The molecule has 0 aromatic heterocycles. The van der Waals surface area contributed by atoms with Gasteiger partial charge in [-0.3, -0.25) is 4.79 Å². The Labute approximate surface area is 87.7 Å². The highest BCUT2D eigenvalue weighted by atomic mass is 16.1. The maximum atomic E-state index is 11.1. The van der Waals surface area contributed by atoms with Crippen molar-refractivity contribution >= 4 is 11.6 Å². The quantitative estimate of drug-likeness (QED) is 0.700. The normalized spacial score (nSPS) is 23.4. The van der Waals surface area contributed by atoms with Crippen LogP contribution < -0.4 is 11.1 Å². The zero-order chi connectivity index (χ0) is 10.8. The number of para-hydroxylation sites is 1. The number of hydrogen-bond donors (Lipinski definition) is 2. The van der Waals surface area contributed by atoms with E-state index in [0.717, 1.165) is 11.3 Å². The summed E-state index contributed by atoms with van der Waals surface area (Å²) in [5.74, 6) is -0.853. The average Bonchev–Trinajstić information content (AvgIpc) is 2.27. The molecule has 2 rings (SSSR count). The second kappa shape index (κ2) is 3.62. The fraction of sp³-hybridized carbons (Fsp3) is 0.273. The van der Waals surface area contributed by atoms with Crippen LogP contribution in [0, 0.1) is 17.2 Å². The van der Waals surface area contributed by atoms with E-state index in [-0.39, 0.29) is 5.92 Å². The first-order chi connectivity index (χ1) is 7.22. The van der Waals surface area contributed by atoms with Crippen LogP contribution in [0.15, 0.2) is 24.3 Å². The molecule has 1 heterocycles. The third kappa shape index (κ3) is 1.64. The molecule has 1 aromatic rings. The molecule has 76 valence electrons. The minimum atomic E-state index is -0.579. The molecule has 0 radical (unpaired) electrons. The molecule has 0 saturated carbocycles. The van der Waals surface area contributed by atoms with Gasteiger partial charge in [-0.25, -0.2) is 0 Å². The number of carbonyl (C=O) groups is 1. The lowest BCUT2D eigenvalue weighted by Gasteiger charge is -2.28. The molecule has 0 spiro atoms. The number of nitrogens with one attached hydrogen (secondary N) is 1. The molecule has 4 heteroatoms. The molecule has 1 amide bonds. The number of hydrogen-bond acceptors (Lipinski definition) is 3. The van der Waals surface area contributed by atoms with Gasteiger partial charge in [0.05, 0.1) is 12.0 Å². The Bertz CT molecular complexity index is 436. The number of nitriles is 1. The van der Waals surface area contributed by atoms with Gasteiger partial charge in [0.15, 0.2) is 0 Å². The largest absolute Gasteiger partial charge is 0.372 e. The van der Waals surface area contributed by atoms with Gasteiger partial charge in [0.25, 0.3) is 0 Å². The molecule has 3 N–H and O–H groups in total. The first kappa shape index (κ1) is 9.53. The minimum Gasteiger partial charge on any atom is -0.372 e. The summed E-state index contributed by atoms with van der Waals surface area (Å²) in [5, 5.41) is 11.9. The van der Waals surface area contributed by atoms with Gasteiger partial charge in [0, 0.05) is 5.69 Å². The molecule has 0 fully saturated rings. The smallest absolute Gasteiger partial charge is 0.241 e. The Kier molecular flexibility index (Phi) is 2.30. The number of amides is 1. The van der Waals surface area contributed by atoms with Crippen molar-refractivity contribution in [3.05, 3.63) is 29.8 Å². The SMILES string of the molecule is N#CC1Cc2ccccc2NC1C(N)=O. The lowest BCUT2D eigenvalue weighted by atomic mass is 9.88. The van der Waals surface area contributed by atoms with Crippen molar-refractivity contribution in [1.29, 1.82) is 5.26 Å². The molecule has 1 aromatic carbocycles. The second-order valence-corrected chi connectivity index (χ2v) is 3.62. The molecule has 4 nitrogen and oxygen atoms in total. The number of fused-ring (bicyclic) bond motifs is 1. The predicted octanol–water partition coefficient (Wildman–Crippen LogP) is 0.648. The molecular formula is C11H11N3O. The number of nitrogens with two attached hydrogens (primary N) is 1. The average molecular weight is 201 g/mol. The first-order valence-electron chi connectivity index (χ1n) is 4.75. The van der Waals surface area contributed by atoms with Gasteiger partial charge in [-0.15, -0.1) is 0 Å². The molecule has 2 unspecified atom stereocenters. The Hall–Kier alpha value is -2.02. The maximum absolute atomic E-state index is 11.1. The summed E-state index contributed by atoms with van der Waals surface area (Å²) in [5.41, 5.74) is 7.19. The van der Waals surface area contributed by atoms with Crippen LogP contribution in [0.3, 0.4) is 0 Å². The summed E-state index contributed by atoms with van der Waals surface area (Å²) >= 11 is 0. The van der Waals surface area contributed by atoms with E-state index < -0.39 is 11.9 Å². The van der Waals surface area contributed by atoms with E-state index in [1.807, 2.05) is 24.3 Å². The van der Waals surface area contributed by atoms with Gasteiger partial charge in [0.1, 0.15) is 6.04 Å². The van der Waals surface area contributed by atoms with E-state index in [1.54, 1.807) is 0 Å². The Morgan fingerprint density at radius 1 is 1.53 bits per heavy atom. The molecule has 0 bridgehead atoms. The van der Waals surface area contributed by atoms with Crippen molar-refractivity contribution in [3.8, 4) is 6.07 Å². The van der Waals surface area contributed by atoms with Crippen LogP contribution in [-0.4, -0.2) is 11.9 Å². The standard InChI is InChI=1S/C11H11N3O/c12-6-8-5-7-3-1-2-4-9(7)14-10(8)11(13)15/h1-4,8,10,14H,5H2,(H2,13,15). The molecule has 1 aliphatic rings. The fourth-order valence-corrected chi connectivity index (χ4v) is 1.85. The lowest BCUT2D eigenvalue weighted by molar-refractivity contribution is -0.119. The van der Waals surface area contributed by atoms with Crippen molar-refractivity contribution in [2.75, 3.05) is 5.32 Å². The number of rotatable bonds is 1. The van der Waals surface area contributed by atoms with E-state index in [2.05, 4.69) is 11.4 Å².